The van der Waals surface area contributed by atoms with Gasteiger partial charge in [0.2, 0.25) is 0 Å². The van der Waals surface area contributed by atoms with E-state index in [1.165, 1.54) is 0 Å². The maximum atomic E-state index is 10.5. The summed E-state index contributed by atoms with van der Waals surface area (Å²) >= 11 is 3.47. The second-order valence-electron chi connectivity index (χ2n) is 4.45. The summed E-state index contributed by atoms with van der Waals surface area (Å²) in [5, 5.41) is 10.5. The highest BCUT2D eigenvalue weighted by Gasteiger charge is 2.25. The van der Waals surface area contributed by atoms with E-state index in [9.17, 15) is 5.11 Å². The third kappa shape index (κ3) is 1.85. The fourth-order valence-electron chi connectivity index (χ4n) is 2.31. The molecule has 0 radical (unpaired) electrons. The van der Waals surface area contributed by atoms with E-state index in [0.29, 0.717) is 12.4 Å². The van der Waals surface area contributed by atoms with Crippen LogP contribution >= 0.6 is 15.9 Å². The van der Waals surface area contributed by atoms with Crippen molar-refractivity contribution in [1.29, 1.82) is 0 Å². The SMILES string of the molecule is Cc1ccoc1C(O)c1cc(Br)cc2c1OCC2. The number of ether oxygens (including phenoxy) is 1. The molecule has 1 atom stereocenters. The first kappa shape index (κ1) is 11.8. The van der Waals surface area contributed by atoms with Gasteiger partial charge in [-0.05, 0) is 36.2 Å². The van der Waals surface area contributed by atoms with E-state index in [4.69, 9.17) is 9.15 Å². The predicted octanol–water partition coefficient (Wildman–Crippen LogP) is 3.37. The molecule has 0 bridgehead atoms. The third-order valence-electron chi connectivity index (χ3n) is 3.22. The van der Waals surface area contributed by atoms with Crippen LogP contribution in [-0.4, -0.2) is 11.7 Å². The minimum atomic E-state index is -0.788. The number of fused-ring (bicyclic) bond motifs is 1. The highest BCUT2D eigenvalue weighted by molar-refractivity contribution is 9.10. The molecule has 1 aromatic heterocycles. The molecule has 1 unspecified atom stereocenters. The Morgan fingerprint density at radius 2 is 2.22 bits per heavy atom. The molecule has 0 amide bonds. The quantitative estimate of drug-likeness (QED) is 0.925. The Labute approximate surface area is 114 Å². The van der Waals surface area contributed by atoms with Gasteiger partial charge in [0, 0.05) is 16.5 Å². The van der Waals surface area contributed by atoms with Crippen LogP contribution in [-0.2, 0) is 6.42 Å². The van der Waals surface area contributed by atoms with Gasteiger partial charge in [-0.25, -0.2) is 0 Å². The number of aryl methyl sites for hydroxylation is 1. The number of aliphatic hydroxyl groups is 1. The maximum Gasteiger partial charge on any atom is 0.140 e. The van der Waals surface area contributed by atoms with Gasteiger partial charge in [-0.15, -0.1) is 0 Å². The van der Waals surface area contributed by atoms with Gasteiger partial charge < -0.3 is 14.3 Å². The van der Waals surface area contributed by atoms with Gasteiger partial charge in [-0.3, -0.25) is 0 Å². The molecule has 0 fully saturated rings. The molecule has 0 saturated heterocycles. The fraction of sp³-hybridized carbons (Fsp3) is 0.286. The summed E-state index contributed by atoms with van der Waals surface area (Å²) in [7, 11) is 0. The Bertz CT molecular complexity index is 589. The zero-order chi connectivity index (χ0) is 12.7. The first-order chi connectivity index (χ1) is 8.66. The van der Waals surface area contributed by atoms with Crippen LogP contribution in [0.5, 0.6) is 5.75 Å². The van der Waals surface area contributed by atoms with Crippen molar-refractivity contribution in [2.75, 3.05) is 6.61 Å². The number of aliphatic hydroxyl groups excluding tert-OH is 1. The van der Waals surface area contributed by atoms with Crippen LogP contribution in [0.15, 0.2) is 33.4 Å². The van der Waals surface area contributed by atoms with Gasteiger partial charge in [-0.2, -0.15) is 0 Å². The summed E-state index contributed by atoms with van der Waals surface area (Å²) in [4.78, 5) is 0. The highest BCUT2D eigenvalue weighted by Crippen LogP contribution is 2.39. The van der Waals surface area contributed by atoms with Crippen LogP contribution in [0.25, 0.3) is 0 Å². The lowest BCUT2D eigenvalue weighted by atomic mass is 10.0. The lowest BCUT2D eigenvalue weighted by Crippen LogP contribution is -2.02. The van der Waals surface area contributed by atoms with E-state index in [0.717, 1.165) is 33.3 Å². The van der Waals surface area contributed by atoms with Crippen LogP contribution < -0.4 is 4.74 Å². The summed E-state index contributed by atoms with van der Waals surface area (Å²) in [5.74, 6) is 1.37. The van der Waals surface area contributed by atoms with Gasteiger partial charge in [0.05, 0.1) is 12.9 Å². The Morgan fingerprint density at radius 3 is 2.94 bits per heavy atom. The molecule has 1 aliphatic heterocycles. The maximum absolute atomic E-state index is 10.5. The first-order valence-corrected chi connectivity index (χ1v) is 6.63. The second-order valence-corrected chi connectivity index (χ2v) is 5.37. The molecule has 1 aromatic carbocycles. The molecule has 2 aromatic rings. The first-order valence-electron chi connectivity index (χ1n) is 5.84. The monoisotopic (exact) mass is 308 g/mol. The van der Waals surface area contributed by atoms with E-state index in [1.807, 2.05) is 25.1 Å². The Hall–Kier alpha value is -1.26. The zero-order valence-corrected chi connectivity index (χ0v) is 11.5. The zero-order valence-electron chi connectivity index (χ0n) is 9.94. The molecule has 1 aliphatic rings. The lowest BCUT2D eigenvalue weighted by molar-refractivity contribution is 0.183. The second kappa shape index (κ2) is 4.44. The third-order valence-corrected chi connectivity index (χ3v) is 3.68. The molecular formula is C14H13BrO3. The standard InChI is InChI=1S/C14H13BrO3/c1-8-2-4-17-13(8)12(16)11-7-10(15)6-9-3-5-18-14(9)11/h2,4,6-7,12,16H,3,5H2,1H3. The molecule has 4 heteroatoms. The van der Waals surface area contributed by atoms with Crippen molar-refractivity contribution in [1.82, 2.24) is 0 Å². The normalized spacial score (nSPS) is 15.3. The van der Waals surface area contributed by atoms with Gasteiger partial charge in [0.1, 0.15) is 17.6 Å². The summed E-state index contributed by atoms with van der Waals surface area (Å²) in [6, 6.07) is 5.77. The average Bonchev–Trinajstić information content (AvgIpc) is 2.95. The van der Waals surface area contributed by atoms with Crippen LogP contribution in [0.4, 0.5) is 0 Å². The molecule has 0 aliphatic carbocycles. The highest BCUT2D eigenvalue weighted by atomic mass is 79.9. The smallest absolute Gasteiger partial charge is 0.140 e. The van der Waals surface area contributed by atoms with Crippen LogP contribution in [0.3, 0.4) is 0 Å². The number of furan rings is 1. The average molecular weight is 309 g/mol. The molecule has 3 rings (SSSR count). The number of hydrogen-bond donors (Lipinski definition) is 1. The van der Waals surface area contributed by atoms with Crippen LogP contribution in [0.2, 0.25) is 0 Å². The van der Waals surface area contributed by atoms with E-state index in [2.05, 4.69) is 15.9 Å². The topological polar surface area (TPSA) is 42.6 Å². The molecule has 0 spiro atoms. The van der Waals surface area contributed by atoms with Crippen molar-refractivity contribution in [2.45, 2.75) is 19.4 Å². The van der Waals surface area contributed by atoms with E-state index in [1.54, 1.807) is 6.26 Å². The van der Waals surface area contributed by atoms with E-state index >= 15 is 0 Å². The molecule has 2 heterocycles. The van der Waals surface area contributed by atoms with Gasteiger partial charge in [0.25, 0.3) is 0 Å². The Balaban J connectivity index is 2.10. The van der Waals surface area contributed by atoms with E-state index < -0.39 is 6.10 Å². The van der Waals surface area contributed by atoms with Gasteiger partial charge >= 0.3 is 0 Å². The number of hydrogen-bond acceptors (Lipinski definition) is 3. The Morgan fingerprint density at radius 1 is 1.39 bits per heavy atom. The van der Waals surface area contributed by atoms with Crippen molar-refractivity contribution in [3.8, 4) is 5.75 Å². The summed E-state index contributed by atoms with van der Waals surface area (Å²) < 4.78 is 11.9. The number of benzene rings is 1. The lowest BCUT2D eigenvalue weighted by Gasteiger charge is -2.14. The van der Waals surface area contributed by atoms with Crippen LogP contribution in [0, 0.1) is 6.92 Å². The van der Waals surface area contributed by atoms with Crippen molar-refractivity contribution < 1.29 is 14.3 Å². The van der Waals surface area contributed by atoms with E-state index in [-0.39, 0.29) is 0 Å². The van der Waals surface area contributed by atoms with Gasteiger partial charge in [-0.1, -0.05) is 15.9 Å². The Kier molecular flexibility index (Phi) is 2.92. The summed E-state index contributed by atoms with van der Waals surface area (Å²) in [6.45, 7) is 2.59. The number of halogens is 1. The molecular weight excluding hydrogens is 296 g/mol. The minimum Gasteiger partial charge on any atom is -0.493 e. The van der Waals surface area contributed by atoms with Crippen molar-refractivity contribution in [2.24, 2.45) is 0 Å². The number of rotatable bonds is 2. The largest absolute Gasteiger partial charge is 0.493 e. The predicted molar refractivity (Wildman–Crippen MR) is 70.8 cm³/mol. The van der Waals surface area contributed by atoms with Gasteiger partial charge in [0.15, 0.2) is 0 Å². The van der Waals surface area contributed by atoms with Crippen molar-refractivity contribution in [3.63, 3.8) is 0 Å². The summed E-state index contributed by atoms with van der Waals surface area (Å²) in [5.41, 5.74) is 2.83. The summed E-state index contributed by atoms with van der Waals surface area (Å²) in [6.07, 6.45) is 1.68. The molecule has 3 nitrogen and oxygen atoms in total. The molecule has 94 valence electrons. The van der Waals surface area contributed by atoms with Crippen LogP contribution in [0.1, 0.15) is 28.6 Å². The van der Waals surface area contributed by atoms with Crippen molar-refractivity contribution in [3.05, 3.63) is 51.4 Å². The molecule has 0 saturated carbocycles. The fourth-order valence-corrected chi connectivity index (χ4v) is 2.83. The van der Waals surface area contributed by atoms with Crippen molar-refractivity contribution >= 4 is 15.9 Å². The molecule has 18 heavy (non-hydrogen) atoms. The minimum absolute atomic E-state index is 0.575. The molecule has 1 N–H and O–H groups in total.